The van der Waals surface area contributed by atoms with Crippen LogP contribution < -0.4 is 10.1 Å². The number of aliphatic carboxylic acids is 1. The van der Waals surface area contributed by atoms with E-state index in [4.69, 9.17) is 9.47 Å². The van der Waals surface area contributed by atoms with Crippen LogP contribution in [0.25, 0.3) is 0 Å². The predicted octanol–water partition coefficient (Wildman–Crippen LogP) is 6.04. The van der Waals surface area contributed by atoms with Crippen molar-refractivity contribution in [3.8, 4) is 17.6 Å². The number of benzene rings is 1. The van der Waals surface area contributed by atoms with Crippen LogP contribution in [0, 0.1) is 17.8 Å². The van der Waals surface area contributed by atoms with E-state index < -0.39 is 60.6 Å². The predicted molar refractivity (Wildman–Crippen MR) is 186 cm³/mol. The van der Waals surface area contributed by atoms with Crippen molar-refractivity contribution in [2.45, 2.75) is 122 Å². The quantitative estimate of drug-likeness (QED) is 0.0441. The molecule has 0 bridgehead atoms. The number of alkyl halides is 3. The first-order valence-corrected chi connectivity index (χ1v) is 17.6. The number of ether oxygens (including phenoxy) is 3. The number of esters is 2. The van der Waals surface area contributed by atoms with Crippen molar-refractivity contribution >= 4 is 29.6 Å². The van der Waals surface area contributed by atoms with E-state index in [2.05, 4.69) is 28.8 Å². The van der Waals surface area contributed by atoms with E-state index in [1.165, 1.54) is 6.08 Å². The standard InChI is InChI=1S/C38H52F3NO10/c1-4-6-8-11-14-17-29(43)18-15-12-9-10-13-16-19-31(37(49,35(46)47)24-26-52-36(48)38(39,40)41)33(44)42-32(34(45)50-3)27-28-20-22-30(23-21-28)51-25-7-5-2/h16,19-23,31-32,49H,4,6,8-15,17-18,24-27H2,1-3H3,(H,42,44)(H,46,47)/b19-16+/t31-,32+,37+/m1/s1. The lowest BCUT2D eigenvalue weighted by Crippen LogP contribution is -2.55. The Morgan fingerprint density at radius 1 is 0.942 bits per heavy atom. The van der Waals surface area contributed by atoms with Gasteiger partial charge >= 0.3 is 24.1 Å². The van der Waals surface area contributed by atoms with Gasteiger partial charge in [0.25, 0.3) is 0 Å². The van der Waals surface area contributed by atoms with Crippen molar-refractivity contribution in [3.63, 3.8) is 0 Å². The van der Waals surface area contributed by atoms with E-state index in [1.54, 1.807) is 31.2 Å². The summed E-state index contributed by atoms with van der Waals surface area (Å²) in [6.45, 7) is 2.79. The second-order valence-corrected chi connectivity index (χ2v) is 12.3. The number of allylic oxidation sites excluding steroid dienone is 1. The molecule has 290 valence electrons. The number of carbonyl (C=O) groups is 5. The van der Waals surface area contributed by atoms with Gasteiger partial charge in [-0.1, -0.05) is 75.7 Å². The number of nitrogens with one attached hydrogen (secondary N) is 1. The SMILES string of the molecule is CC#CCOc1ccc(C[C@H](NC(=O)[C@@H](/C=C/CCCCCCC(=O)CCCCCCC)[C@@](O)(CCOC(=O)C(F)(F)F)C(=O)O)C(=O)OC)cc1. The summed E-state index contributed by atoms with van der Waals surface area (Å²) in [5.41, 5.74) is -2.48. The van der Waals surface area contributed by atoms with Crippen LogP contribution in [0.4, 0.5) is 13.2 Å². The van der Waals surface area contributed by atoms with E-state index in [1.807, 2.05) is 0 Å². The Hall–Kier alpha value is -4.38. The van der Waals surface area contributed by atoms with Crippen LogP contribution in [0.1, 0.15) is 103 Å². The summed E-state index contributed by atoms with van der Waals surface area (Å²) in [5.74, 6) is -2.33. The molecule has 11 nitrogen and oxygen atoms in total. The number of carbonyl (C=O) groups excluding carboxylic acids is 4. The highest BCUT2D eigenvalue weighted by molar-refractivity contribution is 5.93. The van der Waals surface area contributed by atoms with E-state index in [0.29, 0.717) is 37.0 Å². The molecule has 3 N–H and O–H groups in total. The van der Waals surface area contributed by atoms with Crippen molar-refractivity contribution in [1.82, 2.24) is 5.32 Å². The molecule has 0 aromatic heterocycles. The van der Waals surface area contributed by atoms with Gasteiger partial charge in [0.15, 0.2) is 5.60 Å². The number of amides is 1. The molecule has 1 amide bonds. The van der Waals surface area contributed by atoms with Crippen LogP contribution in [0.2, 0.25) is 0 Å². The molecule has 1 aromatic carbocycles. The molecule has 0 fully saturated rings. The Labute approximate surface area is 303 Å². The van der Waals surface area contributed by atoms with E-state index in [0.717, 1.165) is 64.6 Å². The smallest absolute Gasteiger partial charge is 0.481 e. The number of Topliss-reactive ketones (excluding diaryl/α,β-unsaturated/α-hetero) is 1. The number of ketones is 1. The van der Waals surface area contributed by atoms with Crippen LogP contribution in [0.15, 0.2) is 36.4 Å². The van der Waals surface area contributed by atoms with Gasteiger partial charge in [0.1, 0.15) is 24.2 Å². The molecule has 0 radical (unpaired) electrons. The lowest BCUT2D eigenvalue weighted by atomic mass is 9.83. The summed E-state index contributed by atoms with van der Waals surface area (Å²) in [6.07, 6.45) is 5.59. The first-order valence-electron chi connectivity index (χ1n) is 17.6. The van der Waals surface area contributed by atoms with E-state index in [-0.39, 0.29) is 18.8 Å². The second kappa shape index (κ2) is 24.7. The van der Waals surface area contributed by atoms with Crippen LogP contribution >= 0.6 is 0 Å². The van der Waals surface area contributed by atoms with Gasteiger partial charge in [-0.05, 0) is 50.3 Å². The van der Waals surface area contributed by atoms with E-state index >= 15 is 0 Å². The molecule has 0 aliphatic carbocycles. The number of carboxylic acid groups (broad SMARTS) is 1. The fraction of sp³-hybridized carbons (Fsp3) is 0.605. The van der Waals surface area contributed by atoms with Crippen LogP contribution in [-0.4, -0.2) is 78.0 Å². The molecule has 52 heavy (non-hydrogen) atoms. The van der Waals surface area contributed by atoms with Crippen molar-refractivity contribution in [2.75, 3.05) is 20.3 Å². The average molecular weight is 740 g/mol. The molecule has 0 spiro atoms. The zero-order chi connectivity index (χ0) is 39.0. The lowest BCUT2D eigenvalue weighted by Gasteiger charge is -2.31. The van der Waals surface area contributed by atoms with Gasteiger partial charge in [-0.2, -0.15) is 13.2 Å². The summed E-state index contributed by atoms with van der Waals surface area (Å²) in [6, 6.07) is 5.13. The Morgan fingerprint density at radius 3 is 2.12 bits per heavy atom. The van der Waals surface area contributed by atoms with Gasteiger partial charge in [0.2, 0.25) is 5.91 Å². The monoisotopic (exact) mass is 739 g/mol. The minimum Gasteiger partial charge on any atom is -0.481 e. The molecule has 0 unspecified atom stereocenters. The van der Waals surface area contributed by atoms with Gasteiger partial charge < -0.3 is 29.7 Å². The molecule has 1 aromatic rings. The zero-order valence-corrected chi connectivity index (χ0v) is 30.2. The van der Waals surface area contributed by atoms with Gasteiger partial charge in [-0.25, -0.2) is 14.4 Å². The minimum absolute atomic E-state index is 0.111. The number of hydrogen-bond donors (Lipinski definition) is 3. The van der Waals surface area contributed by atoms with Crippen molar-refractivity contribution in [2.24, 2.45) is 5.92 Å². The van der Waals surface area contributed by atoms with Gasteiger partial charge in [-0.3, -0.25) is 9.59 Å². The maximum absolute atomic E-state index is 13.6. The first-order chi connectivity index (χ1) is 24.7. The number of aliphatic hydroxyl groups is 1. The maximum atomic E-state index is 13.6. The van der Waals surface area contributed by atoms with Crippen molar-refractivity contribution in [1.29, 1.82) is 0 Å². The summed E-state index contributed by atoms with van der Waals surface area (Å²) in [7, 11) is 1.08. The molecule has 3 atom stereocenters. The largest absolute Gasteiger partial charge is 0.490 e. The minimum atomic E-state index is -5.36. The highest BCUT2D eigenvalue weighted by atomic mass is 19.4. The normalized spacial score (nSPS) is 13.6. The van der Waals surface area contributed by atoms with Crippen LogP contribution in [0.3, 0.4) is 0 Å². The molecule has 0 saturated carbocycles. The molecule has 0 heterocycles. The molecule has 14 heteroatoms. The van der Waals surface area contributed by atoms with Gasteiger partial charge in [0.05, 0.1) is 19.6 Å². The second-order valence-electron chi connectivity index (χ2n) is 12.3. The first kappa shape index (κ1) is 45.6. The molecule has 1 rings (SSSR count). The molecule has 0 saturated heterocycles. The van der Waals surface area contributed by atoms with Crippen LogP contribution in [-0.2, 0) is 39.9 Å². The molecule has 0 aliphatic heterocycles. The summed E-state index contributed by atoms with van der Waals surface area (Å²) < 4.78 is 52.4. The maximum Gasteiger partial charge on any atom is 0.490 e. The number of halogens is 3. The Balaban J connectivity index is 3.04. The Bertz CT molecular complexity index is 1370. The third-order valence-corrected chi connectivity index (χ3v) is 8.23. The van der Waals surface area contributed by atoms with Crippen LogP contribution in [0.5, 0.6) is 5.75 Å². The molecule has 0 aliphatic rings. The zero-order valence-electron chi connectivity index (χ0n) is 30.2. The van der Waals surface area contributed by atoms with Crippen molar-refractivity contribution < 1.29 is 61.6 Å². The van der Waals surface area contributed by atoms with E-state index in [9.17, 15) is 47.4 Å². The topological polar surface area (TPSA) is 166 Å². The van der Waals surface area contributed by atoms with Gasteiger partial charge in [-0.15, -0.1) is 5.92 Å². The molecular weight excluding hydrogens is 687 g/mol. The summed E-state index contributed by atoms with van der Waals surface area (Å²) >= 11 is 0. The Kier molecular flexibility index (Phi) is 21.7. The summed E-state index contributed by atoms with van der Waals surface area (Å²) in [5, 5.41) is 23.6. The number of methoxy groups -OCH3 is 1. The number of unbranched alkanes of at least 4 members (excludes halogenated alkanes) is 8. The third-order valence-electron chi connectivity index (χ3n) is 8.23. The Morgan fingerprint density at radius 2 is 1.56 bits per heavy atom. The van der Waals surface area contributed by atoms with Gasteiger partial charge in [0, 0.05) is 25.7 Å². The number of carboxylic acids is 1. The lowest BCUT2D eigenvalue weighted by molar-refractivity contribution is -0.201. The van der Waals surface area contributed by atoms with Crippen molar-refractivity contribution in [3.05, 3.63) is 42.0 Å². The highest BCUT2D eigenvalue weighted by Gasteiger charge is 2.48. The molecular formula is C38H52F3NO10. The highest BCUT2D eigenvalue weighted by Crippen LogP contribution is 2.27. The summed E-state index contributed by atoms with van der Waals surface area (Å²) in [4.78, 5) is 62.0. The average Bonchev–Trinajstić information content (AvgIpc) is 3.10. The fourth-order valence-electron chi connectivity index (χ4n) is 5.21. The fourth-order valence-corrected chi connectivity index (χ4v) is 5.21. The number of hydrogen-bond acceptors (Lipinski definition) is 9. The third kappa shape index (κ3) is 17.7. The number of rotatable bonds is 26.